The molecular weight excluding hydrogens is 386 g/mol. The number of fused-ring (bicyclic) bond motifs is 1. The second-order valence-electron chi connectivity index (χ2n) is 6.82. The predicted octanol–water partition coefficient (Wildman–Crippen LogP) is 3.97. The first-order chi connectivity index (χ1) is 13.9. The monoisotopic (exact) mass is 407 g/mol. The molecule has 0 saturated heterocycles. The normalized spacial score (nSPS) is 12.1. The van der Waals surface area contributed by atoms with Gasteiger partial charge in [0, 0.05) is 16.5 Å². The van der Waals surface area contributed by atoms with Crippen LogP contribution in [0.2, 0.25) is 0 Å². The van der Waals surface area contributed by atoms with Crippen LogP contribution in [-0.2, 0) is 0 Å². The highest BCUT2D eigenvalue weighted by molar-refractivity contribution is 7.14. The number of ether oxygens (including phenoxy) is 1. The van der Waals surface area contributed by atoms with Crippen LogP contribution < -0.4 is 10.1 Å². The summed E-state index contributed by atoms with van der Waals surface area (Å²) in [6.45, 7) is 5.89. The first kappa shape index (κ1) is 19.1. The Morgan fingerprint density at radius 1 is 1.21 bits per heavy atom. The molecule has 0 spiro atoms. The number of nitrogens with one attached hydrogen (secondary N) is 1. The number of methoxy groups -OCH3 is 1. The number of carbonyl (C=O) groups is 1. The third-order valence-electron chi connectivity index (χ3n) is 4.76. The van der Waals surface area contributed by atoms with Gasteiger partial charge in [0.25, 0.3) is 5.91 Å². The lowest BCUT2D eigenvalue weighted by Gasteiger charge is -2.08. The summed E-state index contributed by atoms with van der Waals surface area (Å²) in [5.74, 6) is 1.21. The number of benzene rings is 1. The molecule has 29 heavy (non-hydrogen) atoms. The maximum absolute atomic E-state index is 12.5. The number of hydrogen-bond donors (Lipinski definition) is 1. The van der Waals surface area contributed by atoms with E-state index >= 15 is 0 Å². The van der Waals surface area contributed by atoms with E-state index in [0.717, 1.165) is 27.4 Å². The smallest absolute Gasteiger partial charge is 0.261 e. The first-order valence-electron chi connectivity index (χ1n) is 9.19. The van der Waals surface area contributed by atoms with E-state index in [2.05, 4.69) is 20.4 Å². The number of carbonyl (C=O) groups excluding carboxylic acids is 1. The van der Waals surface area contributed by atoms with Gasteiger partial charge in [0.15, 0.2) is 11.5 Å². The van der Waals surface area contributed by atoms with Gasteiger partial charge in [-0.25, -0.2) is 14.5 Å². The molecule has 4 aromatic rings. The molecule has 1 N–H and O–H groups in total. The predicted molar refractivity (Wildman–Crippen MR) is 112 cm³/mol. The van der Waals surface area contributed by atoms with E-state index in [0.29, 0.717) is 16.3 Å². The van der Waals surface area contributed by atoms with Crippen LogP contribution in [0, 0.1) is 13.8 Å². The van der Waals surface area contributed by atoms with Crippen LogP contribution in [0.4, 0.5) is 0 Å². The number of rotatable bonds is 5. The van der Waals surface area contributed by atoms with E-state index in [4.69, 9.17) is 4.74 Å². The topological polar surface area (TPSA) is 81.4 Å². The lowest BCUT2D eigenvalue weighted by Crippen LogP contribution is -2.26. The van der Waals surface area contributed by atoms with E-state index in [1.165, 1.54) is 11.3 Å². The Kier molecular flexibility index (Phi) is 5.02. The highest BCUT2D eigenvalue weighted by Crippen LogP contribution is 2.23. The Bertz CT molecular complexity index is 1160. The molecule has 4 rings (SSSR count). The number of amides is 1. The largest absolute Gasteiger partial charge is 0.497 e. The van der Waals surface area contributed by atoms with Crippen molar-refractivity contribution in [1.82, 2.24) is 24.9 Å². The molecular formula is C21H21N5O2S. The molecule has 8 heteroatoms. The number of thiophene rings is 1. The van der Waals surface area contributed by atoms with Crippen LogP contribution in [0.25, 0.3) is 16.9 Å². The van der Waals surface area contributed by atoms with Gasteiger partial charge < -0.3 is 10.1 Å². The Hall–Kier alpha value is -3.26. The molecule has 1 amide bonds. The zero-order valence-electron chi connectivity index (χ0n) is 16.6. The SMILES string of the molecule is COc1ccc(-c2cc3nc([C@H](C)NC(=O)c4cc(C)c(C)s4)nn3cn2)cc1. The van der Waals surface area contributed by atoms with Crippen LogP contribution in [0.1, 0.15) is 38.9 Å². The maximum atomic E-state index is 12.5. The van der Waals surface area contributed by atoms with Gasteiger partial charge in [0.2, 0.25) is 0 Å². The average Bonchev–Trinajstić information content (AvgIpc) is 3.31. The van der Waals surface area contributed by atoms with Gasteiger partial charge in [-0.15, -0.1) is 16.4 Å². The van der Waals surface area contributed by atoms with Crippen molar-refractivity contribution in [1.29, 1.82) is 0 Å². The molecule has 3 aromatic heterocycles. The molecule has 0 saturated carbocycles. The fraction of sp³-hybridized carbons (Fsp3) is 0.238. The molecule has 1 aromatic carbocycles. The minimum absolute atomic E-state index is 0.116. The lowest BCUT2D eigenvalue weighted by atomic mass is 10.1. The zero-order chi connectivity index (χ0) is 20.5. The summed E-state index contributed by atoms with van der Waals surface area (Å²) in [7, 11) is 1.64. The molecule has 0 bridgehead atoms. The van der Waals surface area contributed by atoms with Gasteiger partial charge >= 0.3 is 0 Å². The fourth-order valence-electron chi connectivity index (χ4n) is 2.93. The van der Waals surface area contributed by atoms with E-state index in [1.807, 2.05) is 57.2 Å². The molecule has 0 radical (unpaired) electrons. The van der Waals surface area contributed by atoms with Crippen molar-refractivity contribution in [2.75, 3.05) is 7.11 Å². The summed E-state index contributed by atoms with van der Waals surface area (Å²) in [4.78, 5) is 23.4. The molecule has 0 unspecified atom stereocenters. The minimum atomic E-state index is -0.324. The highest BCUT2D eigenvalue weighted by atomic mass is 32.1. The minimum Gasteiger partial charge on any atom is -0.497 e. The zero-order valence-corrected chi connectivity index (χ0v) is 17.4. The van der Waals surface area contributed by atoms with E-state index in [9.17, 15) is 4.79 Å². The number of hydrogen-bond acceptors (Lipinski definition) is 6. The van der Waals surface area contributed by atoms with Crippen molar-refractivity contribution in [3.63, 3.8) is 0 Å². The summed E-state index contributed by atoms with van der Waals surface area (Å²) in [5.41, 5.74) is 3.54. The van der Waals surface area contributed by atoms with Crippen molar-refractivity contribution < 1.29 is 9.53 Å². The van der Waals surface area contributed by atoms with Gasteiger partial charge in [0.1, 0.15) is 12.1 Å². The van der Waals surface area contributed by atoms with E-state index in [-0.39, 0.29) is 11.9 Å². The summed E-state index contributed by atoms with van der Waals surface area (Å²) < 4.78 is 6.81. The van der Waals surface area contributed by atoms with Crippen LogP contribution >= 0.6 is 11.3 Å². The van der Waals surface area contributed by atoms with Crippen molar-refractivity contribution in [3.8, 4) is 17.0 Å². The third-order valence-corrected chi connectivity index (χ3v) is 5.91. The lowest BCUT2D eigenvalue weighted by molar-refractivity contribution is 0.0942. The average molecular weight is 407 g/mol. The molecule has 7 nitrogen and oxygen atoms in total. The van der Waals surface area contributed by atoms with Gasteiger partial charge in [-0.2, -0.15) is 0 Å². The fourth-order valence-corrected chi connectivity index (χ4v) is 3.87. The quantitative estimate of drug-likeness (QED) is 0.541. The molecule has 3 heterocycles. The van der Waals surface area contributed by atoms with Crippen molar-refractivity contribution in [3.05, 3.63) is 63.9 Å². The van der Waals surface area contributed by atoms with Crippen LogP contribution in [0.3, 0.4) is 0 Å². The van der Waals surface area contributed by atoms with Crippen molar-refractivity contribution >= 4 is 22.9 Å². The number of aryl methyl sites for hydroxylation is 2. The maximum Gasteiger partial charge on any atom is 0.261 e. The van der Waals surface area contributed by atoms with Crippen LogP contribution in [0.5, 0.6) is 5.75 Å². The van der Waals surface area contributed by atoms with Crippen LogP contribution in [-0.4, -0.2) is 32.6 Å². The molecule has 1 atom stereocenters. The Morgan fingerprint density at radius 3 is 2.62 bits per heavy atom. The summed E-state index contributed by atoms with van der Waals surface area (Å²) in [6, 6.07) is 11.1. The standard InChI is InChI=1S/C21H21N5O2S/c1-12-9-18(29-14(12)3)21(27)23-13(2)20-24-19-10-17(22-11-26(19)25-20)15-5-7-16(28-4)8-6-15/h5-11,13H,1-4H3,(H,23,27)/t13-/m0/s1. The summed E-state index contributed by atoms with van der Waals surface area (Å²) in [6.07, 6.45) is 1.63. The molecule has 148 valence electrons. The summed E-state index contributed by atoms with van der Waals surface area (Å²) >= 11 is 1.49. The molecule has 0 fully saturated rings. The molecule has 0 aliphatic carbocycles. The van der Waals surface area contributed by atoms with Crippen LogP contribution in [0.15, 0.2) is 42.7 Å². The van der Waals surface area contributed by atoms with Gasteiger partial charge in [0.05, 0.1) is 23.7 Å². The Labute approximate surface area is 172 Å². The van der Waals surface area contributed by atoms with Gasteiger partial charge in [-0.1, -0.05) is 0 Å². The second-order valence-corrected chi connectivity index (χ2v) is 8.08. The van der Waals surface area contributed by atoms with Gasteiger partial charge in [-0.05, 0) is 56.7 Å². The molecule has 0 aliphatic heterocycles. The Morgan fingerprint density at radius 2 is 1.97 bits per heavy atom. The third kappa shape index (κ3) is 3.84. The Balaban J connectivity index is 1.55. The number of nitrogens with zero attached hydrogens (tertiary/aromatic N) is 4. The first-order valence-corrected chi connectivity index (χ1v) is 10.0. The van der Waals surface area contributed by atoms with E-state index in [1.54, 1.807) is 18.0 Å². The summed E-state index contributed by atoms with van der Waals surface area (Å²) in [5, 5.41) is 7.43. The van der Waals surface area contributed by atoms with Crippen molar-refractivity contribution in [2.24, 2.45) is 0 Å². The number of aromatic nitrogens is 4. The van der Waals surface area contributed by atoms with Crippen molar-refractivity contribution in [2.45, 2.75) is 26.8 Å². The van der Waals surface area contributed by atoms with Gasteiger partial charge in [-0.3, -0.25) is 4.79 Å². The second kappa shape index (κ2) is 7.63. The highest BCUT2D eigenvalue weighted by Gasteiger charge is 2.18. The molecule has 0 aliphatic rings. The van der Waals surface area contributed by atoms with E-state index < -0.39 is 0 Å².